The Hall–Kier alpha value is 0. The van der Waals surface area contributed by atoms with Gasteiger partial charge < -0.3 is 0 Å². The number of hydrogen-bond acceptors (Lipinski definition) is 0. The predicted octanol–water partition coefficient (Wildman–Crippen LogP) is 3.86. The molecule has 4 saturated carbocycles. The summed E-state index contributed by atoms with van der Waals surface area (Å²) in [5.41, 5.74) is 0. The topological polar surface area (TPSA) is 0 Å². The van der Waals surface area contributed by atoms with Crippen LogP contribution in [0.4, 0.5) is 0 Å². The van der Waals surface area contributed by atoms with Crippen molar-refractivity contribution in [3.8, 4) is 0 Å². The van der Waals surface area contributed by atoms with Crippen molar-refractivity contribution in [1.82, 2.24) is 0 Å². The third-order valence-corrected chi connectivity index (χ3v) is 4.00. The van der Waals surface area contributed by atoms with E-state index in [4.69, 9.17) is 0 Å². The Balaban J connectivity index is 0.000000264. The molecular weight excluding hydrogens is 144 g/mol. The third kappa shape index (κ3) is 1.41. The summed E-state index contributed by atoms with van der Waals surface area (Å²) >= 11 is 0. The Labute approximate surface area is 76.7 Å². The van der Waals surface area contributed by atoms with Gasteiger partial charge in [0.05, 0.1) is 0 Å². The van der Waals surface area contributed by atoms with Gasteiger partial charge in [0.1, 0.15) is 0 Å². The Morgan fingerprint density at radius 1 is 0.500 bits per heavy atom. The molecule has 0 radical (unpaired) electrons. The minimum Gasteiger partial charge on any atom is -0.0683 e. The van der Waals surface area contributed by atoms with Gasteiger partial charge in [0.15, 0.2) is 0 Å². The van der Waals surface area contributed by atoms with Gasteiger partial charge in [-0.05, 0) is 62.2 Å². The molecule has 0 spiro atoms. The first-order valence-corrected chi connectivity index (χ1v) is 5.90. The fraction of sp³-hybridized carbons (Fsp3) is 1.00. The Morgan fingerprint density at radius 3 is 0.833 bits per heavy atom. The van der Waals surface area contributed by atoms with Crippen molar-refractivity contribution >= 4 is 0 Å². The summed E-state index contributed by atoms with van der Waals surface area (Å²) in [5.74, 6) is 4.71. The van der Waals surface area contributed by atoms with Gasteiger partial charge in [-0.3, -0.25) is 0 Å². The molecule has 0 atom stereocenters. The normalized spacial score (nSPS) is 48.5. The smallest absolute Gasteiger partial charge is 0.0406 e. The van der Waals surface area contributed by atoms with Crippen molar-refractivity contribution in [3.63, 3.8) is 0 Å². The molecule has 0 unspecified atom stereocenters. The van der Waals surface area contributed by atoms with Gasteiger partial charge in [0.2, 0.25) is 0 Å². The lowest BCUT2D eigenvalue weighted by molar-refractivity contribution is 0.0198. The quantitative estimate of drug-likeness (QED) is 0.512. The highest BCUT2D eigenvalue weighted by molar-refractivity contribution is 4.92. The van der Waals surface area contributed by atoms with Crippen LogP contribution >= 0.6 is 0 Å². The summed E-state index contributed by atoms with van der Waals surface area (Å²) in [6, 6.07) is 0. The van der Waals surface area contributed by atoms with Gasteiger partial charge in [-0.15, -0.1) is 0 Å². The van der Waals surface area contributed by atoms with E-state index < -0.39 is 0 Å². The Bertz CT molecular complexity index is 91.6. The molecule has 4 aliphatic rings. The van der Waals surface area contributed by atoms with Crippen molar-refractivity contribution in [2.45, 2.75) is 52.4 Å². The van der Waals surface area contributed by atoms with E-state index in [2.05, 4.69) is 0 Å². The maximum Gasteiger partial charge on any atom is -0.0406 e. The van der Waals surface area contributed by atoms with Gasteiger partial charge in [0.25, 0.3) is 0 Å². The second kappa shape index (κ2) is 3.40. The lowest BCUT2D eigenvalue weighted by Crippen LogP contribution is -2.38. The van der Waals surface area contributed by atoms with Crippen molar-refractivity contribution in [2.75, 3.05) is 0 Å². The van der Waals surface area contributed by atoms with Crippen molar-refractivity contribution in [2.24, 2.45) is 23.7 Å². The van der Waals surface area contributed by atoms with E-state index in [1.807, 2.05) is 13.8 Å². The fourth-order valence-electron chi connectivity index (χ4n) is 3.98. The standard InChI is InChI=1S/C10H16.C2H6/c1-7-2-9-4-8(1)5-10(3-7)6-9;1-2/h7-10H,1-6H2;1-2H3. The van der Waals surface area contributed by atoms with Crippen LogP contribution in [0.1, 0.15) is 52.4 Å². The van der Waals surface area contributed by atoms with Crippen LogP contribution in [0.2, 0.25) is 0 Å². The first-order valence-electron chi connectivity index (χ1n) is 5.90. The molecule has 0 aromatic heterocycles. The average molecular weight is 166 g/mol. The SMILES string of the molecule is C1C2CC3CC1CC(C2)C3.CC. The van der Waals surface area contributed by atoms with Crippen molar-refractivity contribution < 1.29 is 0 Å². The van der Waals surface area contributed by atoms with E-state index in [1.165, 1.54) is 23.7 Å². The van der Waals surface area contributed by atoms with Crippen LogP contribution in [0.5, 0.6) is 0 Å². The van der Waals surface area contributed by atoms with Crippen LogP contribution in [0.25, 0.3) is 0 Å². The molecule has 12 heavy (non-hydrogen) atoms. The van der Waals surface area contributed by atoms with E-state index in [1.54, 1.807) is 38.5 Å². The number of hydrogen-bond donors (Lipinski definition) is 0. The van der Waals surface area contributed by atoms with E-state index in [-0.39, 0.29) is 0 Å². The van der Waals surface area contributed by atoms with Gasteiger partial charge >= 0.3 is 0 Å². The van der Waals surface area contributed by atoms with Gasteiger partial charge in [-0.1, -0.05) is 13.8 Å². The average Bonchev–Trinajstić information content (AvgIpc) is 2.05. The van der Waals surface area contributed by atoms with Crippen LogP contribution in [0.15, 0.2) is 0 Å². The van der Waals surface area contributed by atoms with Gasteiger partial charge in [-0.2, -0.15) is 0 Å². The van der Waals surface area contributed by atoms with E-state index in [0.29, 0.717) is 0 Å². The van der Waals surface area contributed by atoms with Gasteiger partial charge in [0, 0.05) is 0 Å². The highest BCUT2D eigenvalue weighted by Gasteiger charge is 2.41. The molecule has 0 heterocycles. The second-order valence-electron chi connectivity index (χ2n) is 4.88. The van der Waals surface area contributed by atoms with Crippen LogP contribution in [0.3, 0.4) is 0 Å². The molecule has 0 nitrogen and oxygen atoms in total. The summed E-state index contributed by atoms with van der Waals surface area (Å²) in [6.45, 7) is 4.00. The molecule has 4 fully saturated rings. The number of rotatable bonds is 0. The summed E-state index contributed by atoms with van der Waals surface area (Å²) in [6.07, 6.45) is 9.62. The zero-order valence-corrected chi connectivity index (χ0v) is 8.55. The molecule has 0 heteroatoms. The van der Waals surface area contributed by atoms with Gasteiger partial charge in [-0.25, -0.2) is 0 Å². The summed E-state index contributed by atoms with van der Waals surface area (Å²) < 4.78 is 0. The van der Waals surface area contributed by atoms with Crippen LogP contribution in [-0.4, -0.2) is 0 Å². The molecule has 4 rings (SSSR count). The molecule has 4 aliphatic carbocycles. The van der Waals surface area contributed by atoms with E-state index in [9.17, 15) is 0 Å². The zero-order chi connectivity index (χ0) is 8.55. The molecule has 0 N–H and O–H groups in total. The summed E-state index contributed by atoms with van der Waals surface area (Å²) in [7, 11) is 0. The fourth-order valence-corrected chi connectivity index (χ4v) is 3.98. The molecular formula is C12H22. The molecule has 70 valence electrons. The first-order chi connectivity index (χ1) is 5.90. The summed E-state index contributed by atoms with van der Waals surface area (Å²) in [5, 5.41) is 0. The molecule has 0 aromatic carbocycles. The third-order valence-electron chi connectivity index (χ3n) is 4.00. The molecule has 0 amide bonds. The Morgan fingerprint density at radius 2 is 0.667 bits per heavy atom. The van der Waals surface area contributed by atoms with Crippen LogP contribution < -0.4 is 0 Å². The Kier molecular flexibility index (Phi) is 2.43. The highest BCUT2D eigenvalue weighted by Crippen LogP contribution is 2.53. The predicted molar refractivity (Wildman–Crippen MR) is 53.0 cm³/mol. The van der Waals surface area contributed by atoms with Crippen molar-refractivity contribution in [1.29, 1.82) is 0 Å². The molecule has 4 bridgehead atoms. The van der Waals surface area contributed by atoms with Crippen LogP contribution in [0, 0.1) is 23.7 Å². The maximum atomic E-state index is 2.00. The molecule has 0 aromatic rings. The lowest BCUT2D eigenvalue weighted by Gasteiger charge is -2.49. The molecule has 0 aliphatic heterocycles. The minimum absolute atomic E-state index is 1.18. The maximum absolute atomic E-state index is 2.00. The van der Waals surface area contributed by atoms with E-state index >= 15 is 0 Å². The van der Waals surface area contributed by atoms with E-state index in [0.717, 1.165) is 0 Å². The second-order valence-corrected chi connectivity index (χ2v) is 4.88. The van der Waals surface area contributed by atoms with Crippen molar-refractivity contribution in [3.05, 3.63) is 0 Å². The molecule has 0 saturated heterocycles. The minimum atomic E-state index is 1.18. The van der Waals surface area contributed by atoms with Crippen LogP contribution in [-0.2, 0) is 0 Å². The lowest BCUT2D eigenvalue weighted by atomic mass is 9.56. The largest absolute Gasteiger partial charge is 0.0683 e. The highest BCUT2D eigenvalue weighted by atomic mass is 14.5. The summed E-state index contributed by atoms with van der Waals surface area (Å²) in [4.78, 5) is 0. The first kappa shape index (κ1) is 8.59. The zero-order valence-electron chi connectivity index (χ0n) is 8.55. The monoisotopic (exact) mass is 166 g/mol.